The van der Waals surface area contributed by atoms with Crippen molar-refractivity contribution in [3.05, 3.63) is 59.4 Å². The molecule has 3 aliphatic rings. The Morgan fingerprint density at radius 1 is 1.13 bits per heavy atom. The first kappa shape index (κ1) is 20.2. The second-order valence-electron chi connectivity index (χ2n) is 7.82. The smallest absolute Gasteiger partial charge is 0.414 e. The number of anilines is 1. The van der Waals surface area contributed by atoms with Gasteiger partial charge in [0.2, 0.25) is 0 Å². The van der Waals surface area contributed by atoms with E-state index in [0.29, 0.717) is 18.0 Å². The van der Waals surface area contributed by atoms with Crippen molar-refractivity contribution in [1.82, 2.24) is 4.90 Å². The number of ether oxygens (including phenoxy) is 1. The van der Waals surface area contributed by atoms with Crippen LogP contribution in [0.15, 0.2) is 42.5 Å². The lowest BCUT2D eigenvalue weighted by Gasteiger charge is -2.44. The van der Waals surface area contributed by atoms with Gasteiger partial charge in [-0.1, -0.05) is 12.1 Å². The number of carboxylic acids is 1. The number of hydrogen-bond acceptors (Lipinski definition) is 5. The number of phenolic OH excluding ortho intramolecular Hbond substituents is 1. The minimum atomic E-state index is -1.05. The number of phenols is 1. The molecule has 0 aromatic heterocycles. The zero-order valence-corrected chi connectivity index (χ0v) is 16.3. The Morgan fingerprint density at radius 3 is 2.40 bits per heavy atom. The molecule has 0 aliphatic carbocycles. The van der Waals surface area contributed by atoms with Gasteiger partial charge in [-0.15, -0.1) is 0 Å². The topological polar surface area (TPSA) is 90.3 Å². The Kier molecular flexibility index (Phi) is 5.59. The summed E-state index contributed by atoms with van der Waals surface area (Å²) in [5, 5.41) is 18.9. The number of benzene rings is 2. The number of piperidine rings is 3. The minimum absolute atomic E-state index is 0.0444. The average Bonchev–Trinajstić information content (AvgIpc) is 2.72. The summed E-state index contributed by atoms with van der Waals surface area (Å²) in [4.78, 5) is 27.7. The normalized spacial score (nSPS) is 22.5. The van der Waals surface area contributed by atoms with Gasteiger partial charge in [-0.25, -0.2) is 14.0 Å². The highest BCUT2D eigenvalue weighted by Gasteiger charge is 2.37. The number of halogens is 1. The summed E-state index contributed by atoms with van der Waals surface area (Å²) < 4.78 is 19.7. The third-order valence-corrected chi connectivity index (χ3v) is 5.79. The average molecular weight is 414 g/mol. The molecule has 3 heterocycles. The van der Waals surface area contributed by atoms with E-state index in [4.69, 9.17) is 9.84 Å². The van der Waals surface area contributed by atoms with Gasteiger partial charge >= 0.3 is 12.1 Å². The maximum Gasteiger partial charge on any atom is 0.414 e. The van der Waals surface area contributed by atoms with E-state index in [2.05, 4.69) is 4.90 Å². The van der Waals surface area contributed by atoms with Gasteiger partial charge < -0.3 is 14.9 Å². The first-order valence-electron chi connectivity index (χ1n) is 9.91. The van der Waals surface area contributed by atoms with Crippen molar-refractivity contribution < 1.29 is 28.9 Å². The molecule has 30 heavy (non-hydrogen) atoms. The predicted molar refractivity (Wildman–Crippen MR) is 107 cm³/mol. The van der Waals surface area contributed by atoms with Crippen molar-refractivity contribution in [3.8, 4) is 5.75 Å². The molecular weight excluding hydrogens is 391 g/mol. The lowest BCUT2D eigenvalue weighted by atomic mass is 9.86. The fourth-order valence-electron chi connectivity index (χ4n) is 4.15. The molecule has 1 amide bonds. The van der Waals surface area contributed by atoms with Crippen LogP contribution < -0.4 is 4.90 Å². The van der Waals surface area contributed by atoms with Gasteiger partial charge in [0, 0.05) is 18.7 Å². The molecule has 8 heteroatoms. The third-order valence-electron chi connectivity index (χ3n) is 5.79. The van der Waals surface area contributed by atoms with E-state index in [1.807, 2.05) is 0 Å². The molecule has 3 saturated heterocycles. The van der Waals surface area contributed by atoms with Crippen LogP contribution in [0.2, 0.25) is 0 Å². The molecule has 1 atom stereocenters. The van der Waals surface area contributed by atoms with Gasteiger partial charge in [0.1, 0.15) is 17.7 Å². The third kappa shape index (κ3) is 4.38. The largest absolute Gasteiger partial charge is 0.508 e. The Bertz CT molecular complexity index is 921. The van der Waals surface area contributed by atoms with Gasteiger partial charge in [0.25, 0.3) is 0 Å². The highest BCUT2D eigenvalue weighted by Crippen LogP contribution is 2.31. The van der Waals surface area contributed by atoms with Crippen molar-refractivity contribution in [2.45, 2.75) is 25.5 Å². The maximum atomic E-state index is 13.9. The number of carboxylic acid groups (broad SMARTS) is 1. The van der Waals surface area contributed by atoms with E-state index in [9.17, 15) is 19.1 Å². The van der Waals surface area contributed by atoms with Gasteiger partial charge in [-0.2, -0.15) is 0 Å². The predicted octanol–water partition coefficient (Wildman–Crippen LogP) is 3.47. The van der Waals surface area contributed by atoms with E-state index in [1.165, 1.54) is 23.1 Å². The van der Waals surface area contributed by atoms with Crippen molar-refractivity contribution in [3.63, 3.8) is 0 Å². The lowest BCUT2D eigenvalue weighted by Crippen LogP contribution is -2.53. The number of carbonyl (C=O) groups excluding carboxylic acids is 1. The minimum Gasteiger partial charge on any atom is -0.508 e. The maximum absolute atomic E-state index is 13.9. The van der Waals surface area contributed by atoms with Crippen LogP contribution in [0.25, 0.3) is 0 Å². The lowest BCUT2D eigenvalue weighted by molar-refractivity contribution is -0.0311. The number of hydrogen-bond donors (Lipinski definition) is 2. The number of aromatic hydroxyl groups is 1. The molecule has 0 saturated carbocycles. The Labute approximate surface area is 173 Å². The molecule has 5 rings (SSSR count). The molecule has 2 aromatic rings. The molecular formula is C22H23FN2O5. The van der Waals surface area contributed by atoms with Crippen molar-refractivity contribution >= 4 is 17.7 Å². The van der Waals surface area contributed by atoms with Crippen LogP contribution in [0.1, 0.15) is 28.8 Å². The summed E-state index contributed by atoms with van der Waals surface area (Å²) in [5.41, 5.74) is 0.944. The first-order valence-corrected chi connectivity index (χ1v) is 9.91. The molecule has 3 fully saturated rings. The number of rotatable bonds is 5. The van der Waals surface area contributed by atoms with Gasteiger partial charge in [-0.3, -0.25) is 9.80 Å². The number of fused-ring (bicyclic) bond motifs is 3. The molecule has 0 radical (unpaired) electrons. The van der Waals surface area contributed by atoms with Crippen LogP contribution in [0.4, 0.5) is 14.9 Å². The fourth-order valence-corrected chi connectivity index (χ4v) is 4.15. The van der Waals surface area contributed by atoms with Crippen molar-refractivity contribution in [2.75, 3.05) is 24.5 Å². The van der Waals surface area contributed by atoms with Crippen LogP contribution in [0.5, 0.6) is 5.75 Å². The summed E-state index contributed by atoms with van der Waals surface area (Å²) in [5.74, 6) is -1.70. The van der Waals surface area contributed by atoms with Crippen LogP contribution in [0, 0.1) is 11.7 Å². The van der Waals surface area contributed by atoms with E-state index < -0.39 is 17.9 Å². The molecule has 0 unspecified atom stereocenters. The summed E-state index contributed by atoms with van der Waals surface area (Å²) in [6.07, 6.45) is 1.12. The van der Waals surface area contributed by atoms with Gasteiger partial charge in [0.15, 0.2) is 0 Å². The van der Waals surface area contributed by atoms with Crippen LogP contribution >= 0.6 is 0 Å². The van der Waals surface area contributed by atoms with E-state index in [-0.39, 0.29) is 29.6 Å². The standard InChI is InChI=1S/C22H23FN2O5/c23-17-9-18(11-19(26)10-17)25(12-14-1-3-16(4-2-14)21(27)28)22(29)30-20-13-24-7-5-15(20)6-8-24/h1-4,9-11,15,20,26H,5-8,12-13H2,(H,27,28)/t20-/m0/s1. The van der Waals surface area contributed by atoms with Crippen molar-refractivity contribution in [1.29, 1.82) is 0 Å². The zero-order chi connectivity index (χ0) is 21.3. The summed E-state index contributed by atoms with van der Waals surface area (Å²) in [7, 11) is 0. The number of amides is 1. The van der Waals surface area contributed by atoms with E-state index >= 15 is 0 Å². The number of aromatic carboxylic acids is 1. The van der Waals surface area contributed by atoms with Gasteiger partial charge in [-0.05, 0) is 55.6 Å². The molecule has 2 N–H and O–H groups in total. The first-order chi connectivity index (χ1) is 14.4. The molecule has 7 nitrogen and oxygen atoms in total. The second-order valence-corrected chi connectivity index (χ2v) is 7.82. The molecule has 2 bridgehead atoms. The Hall–Kier alpha value is -3.13. The summed E-state index contributed by atoms with van der Waals surface area (Å²) in [6, 6.07) is 9.49. The highest BCUT2D eigenvalue weighted by atomic mass is 19.1. The fraction of sp³-hybridized carbons (Fsp3) is 0.364. The van der Waals surface area contributed by atoms with Gasteiger partial charge in [0.05, 0.1) is 17.8 Å². The Balaban J connectivity index is 1.57. The van der Waals surface area contributed by atoms with Crippen LogP contribution in [-0.2, 0) is 11.3 Å². The Morgan fingerprint density at radius 2 is 1.83 bits per heavy atom. The number of carbonyl (C=O) groups is 2. The SMILES string of the molecule is O=C(O)c1ccc(CN(C(=O)O[C@H]2CN3CCC2CC3)c2cc(O)cc(F)c2)cc1. The quantitative estimate of drug-likeness (QED) is 0.779. The zero-order valence-electron chi connectivity index (χ0n) is 16.3. The monoisotopic (exact) mass is 414 g/mol. The molecule has 158 valence electrons. The van der Waals surface area contributed by atoms with E-state index in [1.54, 1.807) is 12.1 Å². The number of nitrogens with zero attached hydrogens (tertiary/aromatic N) is 2. The van der Waals surface area contributed by atoms with E-state index in [0.717, 1.165) is 38.1 Å². The highest BCUT2D eigenvalue weighted by molar-refractivity contribution is 5.89. The summed E-state index contributed by atoms with van der Waals surface area (Å²) in [6.45, 7) is 2.75. The summed E-state index contributed by atoms with van der Waals surface area (Å²) >= 11 is 0. The molecule has 3 aliphatic heterocycles. The second kappa shape index (κ2) is 8.31. The van der Waals surface area contributed by atoms with Crippen LogP contribution in [-0.4, -0.2) is 52.9 Å². The molecule has 0 spiro atoms. The van der Waals surface area contributed by atoms with Crippen molar-refractivity contribution in [2.24, 2.45) is 5.92 Å². The van der Waals surface area contributed by atoms with Crippen LogP contribution in [0.3, 0.4) is 0 Å². The molecule has 2 aromatic carbocycles.